The monoisotopic (exact) mass is 193 g/mol. The SMILES string of the molecule is NC1=NNC(=O)C1c1ccc(F)cc1. The molecule has 1 unspecified atom stereocenters. The summed E-state index contributed by atoms with van der Waals surface area (Å²) in [6.07, 6.45) is 0. The van der Waals surface area contributed by atoms with E-state index in [0.717, 1.165) is 0 Å². The zero-order chi connectivity index (χ0) is 10.1. The van der Waals surface area contributed by atoms with Crippen molar-refractivity contribution in [1.82, 2.24) is 5.43 Å². The number of amides is 1. The van der Waals surface area contributed by atoms with Crippen molar-refractivity contribution in [3.05, 3.63) is 35.6 Å². The Bertz CT molecular complexity index is 399. The topological polar surface area (TPSA) is 67.5 Å². The Labute approximate surface area is 79.6 Å². The second kappa shape index (κ2) is 3.10. The average molecular weight is 193 g/mol. The number of hydrazone groups is 1. The second-order valence-corrected chi connectivity index (χ2v) is 3.00. The van der Waals surface area contributed by atoms with Crippen LogP contribution < -0.4 is 11.2 Å². The highest BCUT2D eigenvalue weighted by Crippen LogP contribution is 2.19. The lowest BCUT2D eigenvalue weighted by molar-refractivity contribution is -0.120. The molecule has 2 rings (SSSR count). The van der Waals surface area contributed by atoms with Crippen molar-refractivity contribution in [3.8, 4) is 0 Å². The van der Waals surface area contributed by atoms with Gasteiger partial charge in [0.25, 0.3) is 5.91 Å². The van der Waals surface area contributed by atoms with Gasteiger partial charge in [0, 0.05) is 0 Å². The fourth-order valence-electron chi connectivity index (χ4n) is 1.36. The number of hydrogen-bond donors (Lipinski definition) is 2. The largest absolute Gasteiger partial charge is 0.385 e. The molecule has 1 amide bonds. The number of carbonyl (C=O) groups excluding carboxylic acids is 1. The molecule has 1 heterocycles. The predicted molar refractivity (Wildman–Crippen MR) is 48.9 cm³/mol. The summed E-state index contributed by atoms with van der Waals surface area (Å²) in [5.41, 5.74) is 8.42. The van der Waals surface area contributed by atoms with E-state index in [2.05, 4.69) is 10.5 Å². The average Bonchev–Trinajstić information content (AvgIpc) is 2.49. The zero-order valence-electron chi connectivity index (χ0n) is 7.20. The van der Waals surface area contributed by atoms with Crippen LogP contribution in [0.5, 0.6) is 0 Å². The minimum Gasteiger partial charge on any atom is -0.385 e. The third-order valence-corrected chi connectivity index (χ3v) is 2.06. The molecule has 0 radical (unpaired) electrons. The molecule has 1 aromatic carbocycles. The molecule has 0 bridgehead atoms. The summed E-state index contributed by atoms with van der Waals surface area (Å²) < 4.78 is 12.6. The third-order valence-electron chi connectivity index (χ3n) is 2.06. The van der Waals surface area contributed by atoms with Gasteiger partial charge >= 0.3 is 0 Å². The van der Waals surface area contributed by atoms with E-state index in [-0.39, 0.29) is 17.6 Å². The number of nitrogens with one attached hydrogen (secondary N) is 1. The molecule has 0 saturated carbocycles. The zero-order valence-corrected chi connectivity index (χ0v) is 7.20. The van der Waals surface area contributed by atoms with E-state index >= 15 is 0 Å². The molecule has 4 nitrogen and oxygen atoms in total. The van der Waals surface area contributed by atoms with Gasteiger partial charge in [-0.1, -0.05) is 12.1 Å². The van der Waals surface area contributed by atoms with Gasteiger partial charge in [0.15, 0.2) is 0 Å². The summed E-state index contributed by atoms with van der Waals surface area (Å²) in [5.74, 6) is -1.01. The fraction of sp³-hybridized carbons (Fsp3) is 0.111. The Morgan fingerprint density at radius 3 is 2.50 bits per heavy atom. The molecule has 0 aliphatic carbocycles. The Balaban J connectivity index is 2.35. The fourth-order valence-corrected chi connectivity index (χ4v) is 1.36. The van der Waals surface area contributed by atoms with Gasteiger partial charge in [-0.15, -0.1) is 0 Å². The normalized spacial score (nSPS) is 20.5. The first-order chi connectivity index (χ1) is 6.68. The van der Waals surface area contributed by atoms with Gasteiger partial charge in [-0.05, 0) is 17.7 Å². The van der Waals surface area contributed by atoms with Crippen molar-refractivity contribution in [2.45, 2.75) is 5.92 Å². The van der Waals surface area contributed by atoms with E-state index in [4.69, 9.17) is 5.73 Å². The summed E-state index contributed by atoms with van der Waals surface area (Å²) in [6, 6.07) is 5.61. The molecule has 5 heteroatoms. The number of hydrogen-bond acceptors (Lipinski definition) is 3. The lowest BCUT2D eigenvalue weighted by Gasteiger charge is -2.06. The van der Waals surface area contributed by atoms with Crippen LogP contribution in [0.1, 0.15) is 11.5 Å². The second-order valence-electron chi connectivity index (χ2n) is 3.00. The maximum atomic E-state index is 12.6. The van der Waals surface area contributed by atoms with Crippen LogP contribution in [-0.2, 0) is 4.79 Å². The first-order valence-electron chi connectivity index (χ1n) is 4.07. The highest BCUT2D eigenvalue weighted by molar-refractivity contribution is 6.10. The maximum absolute atomic E-state index is 12.6. The van der Waals surface area contributed by atoms with Crippen LogP contribution in [0.3, 0.4) is 0 Å². The van der Waals surface area contributed by atoms with E-state index in [0.29, 0.717) is 5.56 Å². The molecule has 0 fully saturated rings. The number of benzene rings is 1. The number of rotatable bonds is 1. The summed E-state index contributed by atoms with van der Waals surface area (Å²) in [5, 5.41) is 3.60. The highest BCUT2D eigenvalue weighted by Gasteiger charge is 2.29. The summed E-state index contributed by atoms with van der Waals surface area (Å²) >= 11 is 0. The van der Waals surface area contributed by atoms with Crippen LogP contribution in [0.25, 0.3) is 0 Å². The van der Waals surface area contributed by atoms with Crippen LogP contribution in [0.2, 0.25) is 0 Å². The molecule has 14 heavy (non-hydrogen) atoms. The Kier molecular flexibility index (Phi) is 1.92. The van der Waals surface area contributed by atoms with Crippen LogP contribution in [0.15, 0.2) is 29.4 Å². The van der Waals surface area contributed by atoms with Crippen LogP contribution >= 0.6 is 0 Å². The molecular formula is C9H8FN3O. The summed E-state index contributed by atoms with van der Waals surface area (Å²) in [4.78, 5) is 11.3. The van der Waals surface area contributed by atoms with Gasteiger partial charge in [-0.3, -0.25) is 4.79 Å². The van der Waals surface area contributed by atoms with Gasteiger partial charge in [0.1, 0.15) is 17.6 Å². The first-order valence-corrected chi connectivity index (χ1v) is 4.07. The molecule has 1 atom stereocenters. The van der Waals surface area contributed by atoms with E-state index < -0.39 is 5.92 Å². The summed E-state index contributed by atoms with van der Waals surface area (Å²) in [7, 11) is 0. The van der Waals surface area contributed by atoms with Gasteiger partial charge < -0.3 is 5.73 Å². The van der Waals surface area contributed by atoms with Crippen molar-refractivity contribution in [3.63, 3.8) is 0 Å². The molecule has 3 N–H and O–H groups in total. The van der Waals surface area contributed by atoms with E-state index in [1.54, 1.807) is 0 Å². The molecule has 1 aliphatic heterocycles. The Morgan fingerprint density at radius 2 is 2.00 bits per heavy atom. The van der Waals surface area contributed by atoms with Crippen molar-refractivity contribution in [2.24, 2.45) is 10.8 Å². The Hall–Kier alpha value is -1.91. The van der Waals surface area contributed by atoms with Crippen molar-refractivity contribution < 1.29 is 9.18 Å². The Morgan fingerprint density at radius 1 is 1.36 bits per heavy atom. The van der Waals surface area contributed by atoms with Crippen LogP contribution in [0, 0.1) is 5.82 Å². The van der Waals surface area contributed by atoms with Gasteiger partial charge in [0.2, 0.25) is 0 Å². The number of nitrogens with zero attached hydrogens (tertiary/aromatic N) is 1. The molecule has 0 spiro atoms. The van der Waals surface area contributed by atoms with Gasteiger partial charge in [-0.25, -0.2) is 9.82 Å². The van der Waals surface area contributed by atoms with Crippen molar-refractivity contribution in [1.29, 1.82) is 0 Å². The maximum Gasteiger partial charge on any atom is 0.255 e. The van der Waals surface area contributed by atoms with Crippen LogP contribution in [-0.4, -0.2) is 11.7 Å². The van der Waals surface area contributed by atoms with Crippen molar-refractivity contribution >= 4 is 11.7 Å². The minimum absolute atomic E-state index is 0.210. The minimum atomic E-state index is -0.587. The smallest absolute Gasteiger partial charge is 0.255 e. The molecule has 1 aliphatic rings. The van der Waals surface area contributed by atoms with Crippen molar-refractivity contribution in [2.75, 3.05) is 0 Å². The van der Waals surface area contributed by atoms with Gasteiger partial charge in [-0.2, -0.15) is 5.10 Å². The lowest BCUT2D eigenvalue weighted by Crippen LogP contribution is -2.25. The predicted octanol–water partition coefficient (Wildman–Crippen LogP) is 0.311. The molecule has 1 aromatic rings. The van der Waals surface area contributed by atoms with Crippen LogP contribution in [0.4, 0.5) is 4.39 Å². The standard InChI is InChI=1S/C9H8FN3O/c10-6-3-1-5(2-4-6)7-8(11)12-13-9(7)14/h1-4,7H,(H2,11,12)(H,13,14). The number of carbonyl (C=O) groups is 1. The number of halogens is 1. The molecular weight excluding hydrogens is 185 g/mol. The number of nitrogens with two attached hydrogens (primary N) is 1. The summed E-state index contributed by atoms with van der Waals surface area (Å²) in [6.45, 7) is 0. The molecule has 72 valence electrons. The molecule has 0 saturated heterocycles. The van der Waals surface area contributed by atoms with E-state index in [9.17, 15) is 9.18 Å². The molecule has 0 aromatic heterocycles. The highest BCUT2D eigenvalue weighted by atomic mass is 19.1. The first kappa shape index (κ1) is 8.68. The van der Waals surface area contributed by atoms with E-state index in [1.165, 1.54) is 24.3 Å². The quantitative estimate of drug-likeness (QED) is 0.674. The van der Waals surface area contributed by atoms with Gasteiger partial charge in [0.05, 0.1) is 0 Å². The van der Waals surface area contributed by atoms with E-state index in [1.807, 2.05) is 0 Å². The lowest BCUT2D eigenvalue weighted by atomic mass is 9.98. The number of amidine groups is 1. The third kappa shape index (κ3) is 1.32.